The number of rotatable bonds is 1. The zero-order valence-electron chi connectivity index (χ0n) is 7.74. The molecule has 78 valence electrons. The Bertz CT molecular complexity index is 294. The number of aromatic nitrogens is 2. The molecule has 0 atom stereocenters. The Morgan fingerprint density at radius 1 is 1.07 bits per heavy atom. The fraction of sp³-hybridized carbons (Fsp3) is 0.500. The Kier molecular flexibility index (Phi) is 4.00. The fourth-order valence-electron chi connectivity index (χ4n) is 1.43. The van der Waals surface area contributed by atoms with Crippen molar-refractivity contribution in [2.45, 2.75) is 18.0 Å². The fourth-order valence-corrected chi connectivity index (χ4v) is 3.57. The minimum absolute atomic E-state index is 0. The van der Waals surface area contributed by atoms with E-state index >= 15 is 0 Å². The first-order valence-electron chi connectivity index (χ1n) is 4.33. The van der Waals surface area contributed by atoms with E-state index in [0.29, 0.717) is 11.6 Å². The summed E-state index contributed by atoms with van der Waals surface area (Å²) in [4.78, 5) is 8.43. The van der Waals surface area contributed by atoms with Crippen LogP contribution in [0.4, 0.5) is 11.6 Å². The molecule has 1 aromatic rings. The third-order valence-electron chi connectivity index (χ3n) is 2.03. The summed E-state index contributed by atoms with van der Waals surface area (Å²) in [7, 11) is 0.207. The SMILES string of the molecule is Nc1cc(N)nc([S+]2CCCC2)n1.[Br-]. The quantitative estimate of drug-likeness (QED) is 0.436. The first kappa shape index (κ1) is 11.6. The Labute approximate surface area is 96.6 Å². The van der Waals surface area contributed by atoms with Crippen LogP contribution in [0.25, 0.3) is 0 Å². The third-order valence-corrected chi connectivity index (χ3v) is 4.30. The monoisotopic (exact) mass is 276 g/mol. The van der Waals surface area contributed by atoms with Gasteiger partial charge in [-0.2, -0.15) is 9.97 Å². The highest BCUT2D eigenvalue weighted by Gasteiger charge is 2.30. The van der Waals surface area contributed by atoms with E-state index < -0.39 is 0 Å². The molecule has 1 aliphatic rings. The number of hydrogen-bond donors (Lipinski definition) is 2. The van der Waals surface area contributed by atoms with Gasteiger partial charge in [-0.3, -0.25) is 0 Å². The van der Waals surface area contributed by atoms with Gasteiger partial charge < -0.3 is 28.4 Å². The molecular weight excluding hydrogens is 264 g/mol. The van der Waals surface area contributed by atoms with E-state index in [4.69, 9.17) is 11.5 Å². The normalized spacial score (nSPS) is 16.6. The molecule has 1 fully saturated rings. The lowest BCUT2D eigenvalue weighted by molar-refractivity contribution is -0.00000294. The van der Waals surface area contributed by atoms with Crippen LogP contribution >= 0.6 is 0 Å². The molecule has 0 amide bonds. The first-order chi connectivity index (χ1) is 6.25. The van der Waals surface area contributed by atoms with Gasteiger partial charge in [0, 0.05) is 6.07 Å². The van der Waals surface area contributed by atoms with Crippen molar-refractivity contribution in [2.75, 3.05) is 23.0 Å². The van der Waals surface area contributed by atoms with E-state index in [-0.39, 0.29) is 27.9 Å². The van der Waals surface area contributed by atoms with Gasteiger partial charge in [-0.15, -0.1) is 0 Å². The highest BCUT2D eigenvalue weighted by Crippen LogP contribution is 2.21. The van der Waals surface area contributed by atoms with Crippen LogP contribution in [-0.4, -0.2) is 21.5 Å². The van der Waals surface area contributed by atoms with Crippen LogP contribution in [0.1, 0.15) is 12.8 Å². The second-order valence-corrected chi connectivity index (χ2v) is 5.28. The minimum atomic E-state index is 0. The number of anilines is 2. The molecular formula is C8H13BrN4S. The topological polar surface area (TPSA) is 77.8 Å². The van der Waals surface area contributed by atoms with Gasteiger partial charge in [0.1, 0.15) is 23.1 Å². The average molecular weight is 277 g/mol. The summed E-state index contributed by atoms with van der Waals surface area (Å²) in [5, 5.41) is 0.856. The third kappa shape index (κ3) is 2.51. The predicted molar refractivity (Wildman–Crippen MR) is 55.5 cm³/mol. The number of nitrogens with two attached hydrogens (primary N) is 2. The van der Waals surface area contributed by atoms with Gasteiger partial charge in [0.05, 0.1) is 10.9 Å². The zero-order chi connectivity index (χ0) is 9.26. The average Bonchev–Trinajstić information content (AvgIpc) is 2.53. The minimum Gasteiger partial charge on any atom is -1.00 e. The summed E-state index contributed by atoms with van der Waals surface area (Å²) < 4.78 is 0. The molecule has 0 aliphatic carbocycles. The zero-order valence-corrected chi connectivity index (χ0v) is 10.1. The molecule has 0 unspecified atom stereocenters. The lowest BCUT2D eigenvalue weighted by atomic mass is 10.4. The van der Waals surface area contributed by atoms with Crippen LogP contribution in [0.15, 0.2) is 11.2 Å². The molecule has 1 aromatic heterocycles. The van der Waals surface area contributed by atoms with Crippen LogP contribution in [0.3, 0.4) is 0 Å². The molecule has 0 radical (unpaired) electrons. The Hall–Kier alpha value is -0.490. The van der Waals surface area contributed by atoms with Crippen LogP contribution in [0.2, 0.25) is 0 Å². The lowest BCUT2D eigenvalue weighted by Gasteiger charge is -1.99. The van der Waals surface area contributed by atoms with Crippen LogP contribution < -0.4 is 28.4 Å². The second-order valence-electron chi connectivity index (χ2n) is 3.11. The van der Waals surface area contributed by atoms with Crippen molar-refractivity contribution in [3.8, 4) is 0 Å². The second kappa shape index (κ2) is 4.84. The van der Waals surface area contributed by atoms with Gasteiger partial charge in [0.2, 0.25) is 0 Å². The van der Waals surface area contributed by atoms with E-state index in [1.807, 2.05) is 0 Å². The van der Waals surface area contributed by atoms with Crippen molar-refractivity contribution in [1.82, 2.24) is 9.97 Å². The molecule has 14 heavy (non-hydrogen) atoms. The van der Waals surface area contributed by atoms with Gasteiger partial charge >= 0.3 is 5.16 Å². The maximum Gasteiger partial charge on any atom is 0.348 e. The summed E-state index contributed by atoms with van der Waals surface area (Å²) in [6.07, 6.45) is 2.56. The highest BCUT2D eigenvalue weighted by molar-refractivity contribution is 7.96. The highest BCUT2D eigenvalue weighted by atomic mass is 79.9. The molecule has 0 bridgehead atoms. The molecule has 0 spiro atoms. The summed E-state index contributed by atoms with van der Waals surface area (Å²) in [6.45, 7) is 0. The van der Waals surface area contributed by atoms with Crippen LogP contribution in [0.5, 0.6) is 0 Å². The van der Waals surface area contributed by atoms with Crippen molar-refractivity contribution < 1.29 is 17.0 Å². The first-order valence-corrected chi connectivity index (χ1v) is 5.89. The number of nitrogens with zero attached hydrogens (tertiary/aromatic N) is 2. The maximum absolute atomic E-state index is 5.60. The van der Waals surface area contributed by atoms with Crippen molar-refractivity contribution in [3.63, 3.8) is 0 Å². The molecule has 1 aliphatic heterocycles. The molecule has 0 aromatic carbocycles. The van der Waals surface area contributed by atoms with Gasteiger partial charge in [-0.05, 0) is 12.8 Å². The van der Waals surface area contributed by atoms with Gasteiger partial charge in [-0.1, -0.05) is 0 Å². The van der Waals surface area contributed by atoms with Crippen molar-refractivity contribution in [2.24, 2.45) is 0 Å². The predicted octanol–water partition coefficient (Wildman–Crippen LogP) is -2.58. The summed E-state index contributed by atoms with van der Waals surface area (Å²) in [6, 6.07) is 1.60. The maximum atomic E-state index is 5.60. The smallest absolute Gasteiger partial charge is 0.348 e. The molecule has 4 nitrogen and oxygen atoms in total. The van der Waals surface area contributed by atoms with E-state index in [1.165, 1.54) is 24.3 Å². The summed E-state index contributed by atoms with van der Waals surface area (Å²) in [5.41, 5.74) is 11.2. The van der Waals surface area contributed by atoms with E-state index in [0.717, 1.165) is 5.16 Å². The van der Waals surface area contributed by atoms with Gasteiger partial charge in [0.25, 0.3) is 0 Å². The molecule has 6 heteroatoms. The van der Waals surface area contributed by atoms with Crippen molar-refractivity contribution >= 4 is 22.5 Å². The molecule has 4 N–H and O–H groups in total. The molecule has 1 saturated heterocycles. The van der Waals surface area contributed by atoms with Gasteiger partial charge in [-0.25, -0.2) is 0 Å². The molecule has 2 rings (SSSR count). The number of halogens is 1. The standard InChI is InChI=1S/C8H13N4S.BrH/c9-6-5-7(10)12-8(11-6)13-3-1-2-4-13;/h5H,1-4H2,(H4,9,10,11,12);1H/q+1;/p-1. The Morgan fingerprint density at radius 3 is 2.07 bits per heavy atom. The van der Waals surface area contributed by atoms with Crippen molar-refractivity contribution in [1.29, 1.82) is 0 Å². The van der Waals surface area contributed by atoms with Crippen molar-refractivity contribution in [3.05, 3.63) is 6.07 Å². The number of hydrogen-bond acceptors (Lipinski definition) is 4. The lowest BCUT2D eigenvalue weighted by Crippen LogP contribution is -3.00. The van der Waals surface area contributed by atoms with Crippen LogP contribution in [-0.2, 0) is 10.9 Å². The molecule has 0 saturated carbocycles. The van der Waals surface area contributed by atoms with E-state index in [2.05, 4.69) is 9.97 Å². The summed E-state index contributed by atoms with van der Waals surface area (Å²) in [5.74, 6) is 3.37. The Morgan fingerprint density at radius 2 is 1.57 bits per heavy atom. The Balaban J connectivity index is 0.000000980. The number of nitrogen functional groups attached to an aromatic ring is 2. The van der Waals surface area contributed by atoms with E-state index in [1.54, 1.807) is 6.07 Å². The summed E-state index contributed by atoms with van der Waals surface area (Å²) >= 11 is 0. The van der Waals surface area contributed by atoms with Crippen LogP contribution in [0, 0.1) is 0 Å². The van der Waals surface area contributed by atoms with E-state index in [9.17, 15) is 0 Å². The van der Waals surface area contributed by atoms with Gasteiger partial charge in [0.15, 0.2) is 0 Å². The molecule has 2 heterocycles. The largest absolute Gasteiger partial charge is 1.00 e.